The number of nitrogens with zero attached hydrogens (tertiary/aromatic N) is 3. The number of nitrogens with one attached hydrogen (secondary N) is 2. The van der Waals surface area contributed by atoms with Gasteiger partial charge in [-0.2, -0.15) is 0 Å². The van der Waals surface area contributed by atoms with Gasteiger partial charge in [0, 0.05) is 12.1 Å². The predicted octanol–water partition coefficient (Wildman–Crippen LogP) is 1.58. The molecule has 0 radical (unpaired) electrons. The molecule has 0 fully saturated rings. The summed E-state index contributed by atoms with van der Waals surface area (Å²) in [4.78, 5) is 4.25. The number of aromatic nitrogens is 2. The summed E-state index contributed by atoms with van der Waals surface area (Å²) in [5.41, 5.74) is 1.08. The molecule has 1 aromatic heterocycles. The van der Waals surface area contributed by atoms with E-state index >= 15 is 0 Å². The molecule has 1 aliphatic heterocycles. The highest BCUT2D eigenvalue weighted by Crippen LogP contribution is 2.25. The Kier molecular flexibility index (Phi) is 2.71. The van der Waals surface area contributed by atoms with E-state index < -0.39 is 0 Å². The molecule has 0 saturated carbocycles. The number of anilines is 1. The first kappa shape index (κ1) is 10.2. The average molecular weight is 245 g/mol. The summed E-state index contributed by atoms with van der Waals surface area (Å²) in [6.07, 6.45) is 0. The van der Waals surface area contributed by atoms with E-state index in [1.54, 1.807) is 0 Å². The van der Waals surface area contributed by atoms with Gasteiger partial charge in [0.2, 0.25) is 5.13 Å². The molecule has 0 amide bonds. The van der Waals surface area contributed by atoms with Crippen molar-refractivity contribution < 1.29 is 0 Å². The van der Waals surface area contributed by atoms with E-state index in [2.05, 4.69) is 25.8 Å². The monoisotopic (exact) mass is 245 g/mol. The third kappa shape index (κ3) is 2.26. The normalized spacial score (nSPS) is 14.2. The molecule has 0 saturated heterocycles. The topological polar surface area (TPSA) is 62.2 Å². The minimum absolute atomic E-state index is 0.761. The van der Waals surface area contributed by atoms with Crippen LogP contribution in [-0.2, 0) is 0 Å². The SMILES string of the molecule is c1ccc(-c2nnc(NC3=NCCN3)s2)cc1. The predicted molar refractivity (Wildman–Crippen MR) is 69.3 cm³/mol. The Morgan fingerprint density at radius 1 is 1.18 bits per heavy atom. The van der Waals surface area contributed by atoms with Crippen molar-refractivity contribution in [2.24, 2.45) is 4.99 Å². The van der Waals surface area contributed by atoms with Crippen molar-refractivity contribution in [1.82, 2.24) is 15.5 Å². The van der Waals surface area contributed by atoms with Gasteiger partial charge in [-0.1, -0.05) is 41.7 Å². The number of hydrogen-bond acceptors (Lipinski definition) is 6. The first-order valence-corrected chi connectivity index (χ1v) is 6.18. The van der Waals surface area contributed by atoms with E-state index in [-0.39, 0.29) is 0 Å². The Morgan fingerprint density at radius 2 is 2.06 bits per heavy atom. The molecule has 86 valence electrons. The maximum Gasteiger partial charge on any atom is 0.212 e. The fourth-order valence-corrected chi connectivity index (χ4v) is 2.30. The van der Waals surface area contributed by atoms with Gasteiger partial charge in [0.25, 0.3) is 0 Å². The van der Waals surface area contributed by atoms with Gasteiger partial charge in [-0.15, -0.1) is 10.2 Å². The average Bonchev–Trinajstić information content (AvgIpc) is 3.02. The molecule has 2 heterocycles. The van der Waals surface area contributed by atoms with Crippen LogP contribution >= 0.6 is 11.3 Å². The Balaban J connectivity index is 1.78. The molecule has 5 nitrogen and oxygen atoms in total. The molecule has 0 unspecified atom stereocenters. The van der Waals surface area contributed by atoms with Gasteiger partial charge < -0.3 is 10.6 Å². The lowest BCUT2D eigenvalue weighted by Gasteiger charge is -2.00. The second-order valence-electron chi connectivity index (χ2n) is 3.56. The van der Waals surface area contributed by atoms with Gasteiger partial charge >= 0.3 is 0 Å². The summed E-state index contributed by atoms with van der Waals surface area (Å²) in [5.74, 6) is 0.778. The van der Waals surface area contributed by atoms with Crippen LogP contribution in [0.5, 0.6) is 0 Å². The lowest BCUT2D eigenvalue weighted by Crippen LogP contribution is -2.26. The summed E-state index contributed by atoms with van der Waals surface area (Å²) in [6, 6.07) is 10.0. The molecule has 0 aliphatic carbocycles. The first-order valence-electron chi connectivity index (χ1n) is 5.36. The molecule has 2 aromatic rings. The molecule has 1 aliphatic rings. The van der Waals surface area contributed by atoms with E-state index in [9.17, 15) is 0 Å². The van der Waals surface area contributed by atoms with E-state index in [1.165, 1.54) is 11.3 Å². The van der Waals surface area contributed by atoms with Gasteiger partial charge in [-0.25, -0.2) is 0 Å². The van der Waals surface area contributed by atoms with Crippen LogP contribution in [0, 0.1) is 0 Å². The third-order valence-electron chi connectivity index (χ3n) is 2.35. The molecule has 17 heavy (non-hydrogen) atoms. The van der Waals surface area contributed by atoms with Crippen molar-refractivity contribution in [3.63, 3.8) is 0 Å². The van der Waals surface area contributed by atoms with Crippen molar-refractivity contribution in [2.45, 2.75) is 0 Å². The van der Waals surface area contributed by atoms with E-state index in [0.717, 1.165) is 34.8 Å². The van der Waals surface area contributed by atoms with Gasteiger partial charge in [0.05, 0.1) is 6.54 Å². The lowest BCUT2D eigenvalue weighted by molar-refractivity contribution is 0.958. The van der Waals surface area contributed by atoms with Crippen LogP contribution in [0.3, 0.4) is 0 Å². The highest BCUT2D eigenvalue weighted by atomic mass is 32.1. The Labute approximate surface area is 103 Å². The summed E-state index contributed by atoms with van der Waals surface area (Å²) in [7, 11) is 0. The van der Waals surface area contributed by atoms with Crippen molar-refractivity contribution in [1.29, 1.82) is 0 Å². The minimum Gasteiger partial charge on any atom is -0.354 e. The van der Waals surface area contributed by atoms with Crippen molar-refractivity contribution in [3.05, 3.63) is 30.3 Å². The maximum atomic E-state index is 4.25. The second-order valence-corrected chi connectivity index (χ2v) is 4.54. The highest BCUT2D eigenvalue weighted by Gasteiger charge is 2.09. The molecular weight excluding hydrogens is 234 g/mol. The van der Waals surface area contributed by atoms with Gasteiger partial charge in [-0.3, -0.25) is 4.99 Å². The van der Waals surface area contributed by atoms with Crippen LogP contribution in [0.15, 0.2) is 35.3 Å². The third-order valence-corrected chi connectivity index (χ3v) is 3.23. The second kappa shape index (κ2) is 4.50. The van der Waals surface area contributed by atoms with Crippen LogP contribution in [0.1, 0.15) is 0 Å². The number of hydrogen-bond donors (Lipinski definition) is 2. The van der Waals surface area contributed by atoms with Gasteiger partial charge in [-0.05, 0) is 0 Å². The summed E-state index contributed by atoms with van der Waals surface area (Å²) < 4.78 is 0. The maximum absolute atomic E-state index is 4.25. The van der Waals surface area contributed by atoms with Crippen LogP contribution in [0.2, 0.25) is 0 Å². The molecule has 0 bridgehead atoms. The molecular formula is C11H11N5S. The number of aliphatic imine (C=N–C) groups is 1. The molecule has 0 spiro atoms. The fraction of sp³-hybridized carbons (Fsp3) is 0.182. The van der Waals surface area contributed by atoms with Crippen molar-refractivity contribution in [2.75, 3.05) is 18.4 Å². The zero-order valence-corrected chi connectivity index (χ0v) is 9.87. The largest absolute Gasteiger partial charge is 0.354 e. The lowest BCUT2D eigenvalue weighted by atomic mass is 10.2. The molecule has 0 atom stereocenters. The van der Waals surface area contributed by atoms with Crippen LogP contribution < -0.4 is 10.6 Å². The van der Waals surface area contributed by atoms with Crippen LogP contribution in [0.4, 0.5) is 5.13 Å². The van der Waals surface area contributed by atoms with E-state index in [0.29, 0.717) is 0 Å². The molecule has 3 rings (SSSR count). The zero-order valence-electron chi connectivity index (χ0n) is 9.05. The van der Waals surface area contributed by atoms with Crippen molar-refractivity contribution >= 4 is 22.4 Å². The highest BCUT2D eigenvalue weighted by molar-refractivity contribution is 7.18. The molecule has 2 N–H and O–H groups in total. The van der Waals surface area contributed by atoms with E-state index in [1.807, 2.05) is 30.3 Å². The number of guanidine groups is 1. The standard InChI is InChI=1S/C11H11N5S/c1-2-4-8(5-3-1)9-15-16-11(17-9)14-10-12-6-7-13-10/h1-5H,6-7H2,(H2,12,13,14,16). The summed E-state index contributed by atoms with van der Waals surface area (Å²) >= 11 is 1.52. The van der Waals surface area contributed by atoms with Gasteiger partial charge in [0.15, 0.2) is 5.96 Å². The zero-order chi connectivity index (χ0) is 11.5. The van der Waals surface area contributed by atoms with E-state index in [4.69, 9.17) is 0 Å². The Hall–Kier alpha value is -1.95. The number of rotatable bonds is 2. The number of benzene rings is 1. The quantitative estimate of drug-likeness (QED) is 0.843. The summed E-state index contributed by atoms with van der Waals surface area (Å²) in [5, 5.41) is 16.2. The first-order chi connectivity index (χ1) is 8.42. The molecule has 1 aromatic carbocycles. The molecule has 6 heteroatoms. The smallest absolute Gasteiger partial charge is 0.212 e. The van der Waals surface area contributed by atoms with Gasteiger partial charge in [0.1, 0.15) is 5.01 Å². The Bertz CT molecular complexity index is 534. The van der Waals surface area contributed by atoms with Crippen LogP contribution in [0.25, 0.3) is 10.6 Å². The fourth-order valence-electron chi connectivity index (χ4n) is 1.55. The van der Waals surface area contributed by atoms with Crippen molar-refractivity contribution in [3.8, 4) is 10.6 Å². The minimum atomic E-state index is 0.761. The van der Waals surface area contributed by atoms with Crippen LogP contribution in [-0.4, -0.2) is 29.2 Å². The Morgan fingerprint density at radius 3 is 2.82 bits per heavy atom. The summed E-state index contributed by atoms with van der Waals surface area (Å²) in [6.45, 7) is 1.69.